The molecule has 1 N–H and O–H groups in total. The van der Waals surface area contributed by atoms with Gasteiger partial charge in [-0.15, -0.1) is 0 Å². The van der Waals surface area contributed by atoms with Gasteiger partial charge in [-0.3, -0.25) is 9.59 Å². The van der Waals surface area contributed by atoms with Gasteiger partial charge in [0, 0.05) is 42.5 Å². The van der Waals surface area contributed by atoms with Crippen LogP contribution >= 0.6 is 11.6 Å². The average Bonchev–Trinajstić information content (AvgIpc) is 2.67. The summed E-state index contributed by atoms with van der Waals surface area (Å²) < 4.78 is 0. The van der Waals surface area contributed by atoms with Gasteiger partial charge in [-0.1, -0.05) is 29.8 Å². The maximum Gasteiger partial charge on any atom is 0.253 e. The lowest BCUT2D eigenvalue weighted by Crippen LogP contribution is -2.51. The van der Waals surface area contributed by atoms with E-state index in [0.29, 0.717) is 36.8 Å². The fraction of sp³-hybridized carbons (Fsp3) is 0.263. The predicted molar refractivity (Wildman–Crippen MR) is 98.9 cm³/mol. The number of carbonyl (C=O) groups is 2. The van der Waals surface area contributed by atoms with Gasteiger partial charge in [-0.2, -0.15) is 0 Å². The zero-order valence-corrected chi connectivity index (χ0v) is 14.6. The van der Waals surface area contributed by atoms with Crippen LogP contribution in [0.5, 0.6) is 0 Å². The predicted octanol–water partition coefficient (Wildman–Crippen LogP) is 2.74. The minimum absolute atomic E-state index is 0.0221. The van der Waals surface area contributed by atoms with Crippen LogP contribution in [0.4, 0.5) is 5.69 Å². The second-order valence-electron chi connectivity index (χ2n) is 5.90. The summed E-state index contributed by atoms with van der Waals surface area (Å²) >= 11 is 5.86. The summed E-state index contributed by atoms with van der Waals surface area (Å²) in [5.74, 6) is 0.0219. The molecule has 1 aliphatic heterocycles. The van der Waals surface area contributed by atoms with Crippen LogP contribution in [0.3, 0.4) is 0 Å². The first-order valence-corrected chi connectivity index (χ1v) is 8.63. The van der Waals surface area contributed by atoms with Crippen LogP contribution in [0.15, 0.2) is 54.6 Å². The molecular formula is C19H20ClN3O2. The summed E-state index contributed by atoms with van der Waals surface area (Å²) in [6, 6.07) is 16.5. The van der Waals surface area contributed by atoms with Gasteiger partial charge in [0.1, 0.15) is 0 Å². The van der Waals surface area contributed by atoms with E-state index in [4.69, 9.17) is 11.6 Å². The van der Waals surface area contributed by atoms with E-state index in [1.807, 2.05) is 30.3 Å². The third kappa shape index (κ3) is 4.51. The van der Waals surface area contributed by atoms with E-state index < -0.39 is 0 Å². The molecule has 1 saturated heterocycles. The van der Waals surface area contributed by atoms with Gasteiger partial charge < -0.3 is 15.1 Å². The van der Waals surface area contributed by atoms with Gasteiger partial charge in [0.25, 0.3) is 5.91 Å². The normalized spacial score (nSPS) is 14.3. The Hall–Kier alpha value is -2.53. The lowest BCUT2D eigenvalue weighted by molar-refractivity contribution is -0.130. The highest BCUT2D eigenvalue weighted by Crippen LogP contribution is 2.13. The van der Waals surface area contributed by atoms with Crippen LogP contribution in [0, 0.1) is 0 Å². The van der Waals surface area contributed by atoms with E-state index >= 15 is 0 Å². The van der Waals surface area contributed by atoms with Crippen LogP contribution in [-0.4, -0.2) is 54.3 Å². The minimum atomic E-state index is -0.0221. The standard InChI is InChI=1S/C19H20ClN3O2/c20-16-8-6-15(7-9-16)19(25)23-12-10-22(11-13-23)18(24)14-21-17-4-2-1-3-5-17/h1-9,21H,10-14H2. The Morgan fingerprint density at radius 2 is 1.48 bits per heavy atom. The van der Waals surface area contributed by atoms with Crippen molar-refractivity contribution < 1.29 is 9.59 Å². The summed E-state index contributed by atoms with van der Waals surface area (Å²) in [7, 11) is 0. The number of piperazine rings is 1. The van der Waals surface area contributed by atoms with Crippen LogP contribution in [0.2, 0.25) is 5.02 Å². The lowest BCUT2D eigenvalue weighted by atomic mass is 10.2. The monoisotopic (exact) mass is 357 g/mol. The van der Waals surface area contributed by atoms with Crippen LogP contribution in [0.25, 0.3) is 0 Å². The quantitative estimate of drug-likeness (QED) is 0.915. The topological polar surface area (TPSA) is 52.7 Å². The van der Waals surface area contributed by atoms with Crippen molar-refractivity contribution in [2.45, 2.75) is 0 Å². The maximum atomic E-state index is 12.5. The number of rotatable bonds is 4. The summed E-state index contributed by atoms with van der Waals surface area (Å²) in [5, 5.41) is 3.73. The fourth-order valence-electron chi connectivity index (χ4n) is 2.78. The van der Waals surface area contributed by atoms with Crippen LogP contribution < -0.4 is 5.32 Å². The minimum Gasteiger partial charge on any atom is -0.376 e. The van der Waals surface area contributed by atoms with Crippen molar-refractivity contribution in [2.24, 2.45) is 0 Å². The van der Waals surface area contributed by atoms with E-state index in [0.717, 1.165) is 5.69 Å². The number of carbonyl (C=O) groups excluding carboxylic acids is 2. The summed E-state index contributed by atoms with van der Waals surface area (Å²) in [6.45, 7) is 2.44. The zero-order valence-electron chi connectivity index (χ0n) is 13.8. The molecule has 1 heterocycles. The van der Waals surface area contributed by atoms with E-state index in [1.165, 1.54) is 0 Å². The molecule has 0 unspecified atom stereocenters. The van der Waals surface area contributed by atoms with Crippen molar-refractivity contribution in [3.05, 3.63) is 65.2 Å². The molecule has 25 heavy (non-hydrogen) atoms. The van der Waals surface area contributed by atoms with E-state index in [9.17, 15) is 9.59 Å². The average molecular weight is 358 g/mol. The molecule has 6 heteroatoms. The van der Waals surface area contributed by atoms with Crippen LogP contribution in [-0.2, 0) is 4.79 Å². The highest BCUT2D eigenvalue weighted by molar-refractivity contribution is 6.30. The Bertz CT molecular complexity index is 726. The van der Waals surface area contributed by atoms with Crippen molar-refractivity contribution in [1.82, 2.24) is 9.80 Å². The molecule has 1 aliphatic rings. The summed E-state index contributed by atoms with van der Waals surface area (Å²) in [5.41, 5.74) is 1.54. The maximum absolute atomic E-state index is 12.5. The molecule has 0 aliphatic carbocycles. The molecule has 5 nitrogen and oxygen atoms in total. The Morgan fingerprint density at radius 1 is 0.880 bits per heavy atom. The lowest BCUT2D eigenvalue weighted by Gasteiger charge is -2.35. The SMILES string of the molecule is O=C(CNc1ccccc1)N1CCN(C(=O)c2ccc(Cl)cc2)CC1. The molecule has 0 aromatic heterocycles. The van der Waals surface area contributed by atoms with Gasteiger partial charge >= 0.3 is 0 Å². The molecule has 3 rings (SSSR count). The molecule has 2 aromatic carbocycles. The largest absolute Gasteiger partial charge is 0.376 e. The molecule has 0 spiro atoms. The smallest absolute Gasteiger partial charge is 0.253 e. The van der Waals surface area contributed by atoms with Gasteiger partial charge in [-0.25, -0.2) is 0 Å². The van der Waals surface area contributed by atoms with E-state index in [-0.39, 0.29) is 18.4 Å². The molecular weight excluding hydrogens is 338 g/mol. The Morgan fingerprint density at radius 3 is 2.12 bits per heavy atom. The van der Waals surface area contributed by atoms with Gasteiger partial charge in [0.2, 0.25) is 5.91 Å². The molecule has 0 saturated carbocycles. The van der Waals surface area contributed by atoms with Crippen LogP contribution in [0.1, 0.15) is 10.4 Å². The number of nitrogens with one attached hydrogen (secondary N) is 1. The van der Waals surface area contributed by atoms with Crippen molar-refractivity contribution in [3.63, 3.8) is 0 Å². The molecule has 130 valence electrons. The third-order valence-electron chi connectivity index (χ3n) is 4.23. The fourth-order valence-corrected chi connectivity index (χ4v) is 2.91. The van der Waals surface area contributed by atoms with E-state index in [1.54, 1.807) is 34.1 Å². The number of benzene rings is 2. The number of amides is 2. The third-order valence-corrected chi connectivity index (χ3v) is 4.48. The van der Waals surface area contributed by atoms with Crippen molar-refractivity contribution >= 4 is 29.1 Å². The van der Waals surface area contributed by atoms with Gasteiger partial charge in [0.15, 0.2) is 0 Å². The Balaban J connectivity index is 1.48. The van der Waals surface area contributed by atoms with E-state index in [2.05, 4.69) is 5.32 Å². The molecule has 0 radical (unpaired) electrons. The summed E-state index contributed by atoms with van der Waals surface area (Å²) in [6.07, 6.45) is 0. The molecule has 2 aromatic rings. The summed E-state index contributed by atoms with van der Waals surface area (Å²) in [4.78, 5) is 28.3. The number of nitrogens with zero attached hydrogens (tertiary/aromatic N) is 2. The molecule has 1 fully saturated rings. The van der Waals surface area contributed by atoms with Crippen molar-refractivity contribution in [3.8, 4) is 0 Å². The number of hydrogen-bond donors (Lipinski definition) is 1. The highest BCUT2D eigenvalue weighted by atomic mass is 35.5. The second kappa shape index (κ2) is 8.03. The molecule has 0 bridgehead atoms. The number of hydrogen-bond acceptors (Lipinski definition) is 3. The number of halogens is 1. The van der Waals surface area contributed by atoms with Gasteiger partial charge in [0.05, 0.1) is 6.54 Å². The van der Waals surface area contributed by atoms with Gasteiger partial charge in [-0.05, 0) is 36.4 Å². The number of para-hydroxylation sites is 1. The first-order valence-electron chi connectivity index (χ1n) is 8.25. The molecule has 0 atom stereocenters. The zero-order chi connectivity index (χ0) is 17.6. The first-order chi connectivity index (χ1) is 12.1. The number of anilines is 1. The van der Waals surface area contributed by atoms with Crippen molar-refractivity contribution in [1.29, 1.82) is 0 Å². The Kier molecular flexibility index (Phi) is 5.56. The first kappa shape index (κ1) is 17.3. The molecule has 2 amide bonds. The Labute approximate surface area is 152 Å². The highest BCUT2D eigenvalue weighted by Gasteiger charge is 2.24. The second-order valence-corrected chi connectivity index (χ2v) is 6.34. The van der Waals surface area contributed by atoms with Crippen molar-refractivity contribution in [2.75, 3.05) is 38.0 Å².